The first kappa shape index (κ1) is 17.2. The molecule has 1 amide bonds. The van der Waals surface area contributed by atoms with Gasteiger partial charge in [0.15, 0.2) is 0 Å². The van der Waals surface area contributed by atoms with Crippen molar-refractivity contribution in [3.05, 3.63) is 35.9 Å². The summed E-state index contributed by atoms with van der Waals surface area (Å²) in [7, 11) is 0. The van der Waals surface area contributed by atoms with Crippen molar-refractivity contribution in [1.29, 1.82) is 0 Å². The molecule has 0 saturated carbocycles. The van der Waals surface area contributed by atoms with Crippen LogP contribution in [0.25, 0.3) is 0 Å². The monoisotopic (exact) mass is 292 g/mol. The topological polar surface area (TPSA) is 69.6 Å². The number of amides is 1. The fourth-order valence-electron chi connectivity index (χ4n) is 2.03. The van der Waals surface area contributed by atoms with E-state index in [1.807, 2.05) is 42.2 Å². The van der Waals surface area contributed by atoms with E-state index in [0.717, 1.165) is 0 Å². The number of likely N-dealkylation sites (N-methyl/N-ethyl adjacent to an activating group) is 1. The number of nitrogens with one attached hydrogen (secondary N) is 1. The lowest BCUT2D eigenvalue weighted by atomic mass is 10.0. The van der Waals surface area contributed by atoms with Crippen LogP contribution in [0.15, 0.2) is 30.3 Å². The van der Waals surface area contributed by atoms with Gasteiger partial charge in [-0.1, -0.05) is 44.2 Å². The Bertz CT molecular complexity index is 448. The smallest absolute Gasteiger partial charge is 0.304 e. The zero-order valence-electron chi connectivity index (χ0n) is 12.7. The average Bonchev–Trinajstić information content (AvgIpc) is 2.49. The number of hydrogen-bond donors (Lipinski definition) is 2. The second-order valence-electron chi connectivity index (χ2n) is 5.13. The third kappa shape index (κ3) is 6.90. The van der Waals surface area contributed by atoms with Gasteiger partial charge in [0.2, 0.25) is 5.91 Å². The minimum atomic E-state index is -0.841. The SMILES string of the molecule is CCN(CCC(=O)O)CC(=O)NCC(C)c1ccccc1. The van der Waals surface area contributed by atoms with E-state index in [9.17, 15) is 9.59 Å². The molecule has 1 aromatic rings. The summed E-state index contributed by atoms with van der Waals surface area (Å²) in [5.41, 5.74) is 1.19. The molecule has 116 valence electrons. The number of nitrogens with zero attached hydrogens (tertiary/aromatic N) is 1. The second kappa shape index (κ2) is 9.13. The predicted molar refractivity (Wildman–Crippen MR) is 82.2 cm³/mol. The molecule has 1 atom stereocenters. The highest BCUT2D eigenvalue weighted by molar-refractivity contribution is 5.78. The minimum Gasteiger partial charge on any atom is -0.481 e. The molecule has 1 aromatic carbocycles. The molecule has 0 spiro atoms. The van der Waals surface area contributed by atoms with Crippen LogP contribution in [-0.4, -0.2) is 48.1 Å². The van der Waals surface area contributed by atoms with Crippen molar-refractivity contribution in [2.75, 3.05) is 26.2 Å². The highest BCUT2D eigenvalue weighted by Gasteiger charge is 2.12. The quantitative estimate of drug-likeness (QED) is 0.727. The molecule has 1 unspecified atom stereocenters. The summed E-state index contributed by atoms with van der Waals surface area (Å²) >= 11 is 0. The molecule has 0 saturated heterocycles. The lowest BCUT2D eigenvalue weighted by Crippen LogP contribution is -2.39. The molecule has 0 aliphatic heterocycles. The third-order valence-corrected chi connectivity index (χ3v) is 3.43. The summed E-state index contributed by atoms with van der Waals surface area (Å²) in [4.78, 5) is 24.3. The van der Waals surface area contributed by atoms with E-state index in [1.54, 1.807) is 0 Å². The predicted octanol–water partition coefficient (Wildman–Crippen LogP) is 1.70. The van der Waals surface area contributed by atoms with Gasteiger partial charge in [-0.25, -0.2) is 0 Å². The van der Waals surface area contributed by atoms with Crippen molar-refractivity contribution >= 4 is 11.9 Å². The third-order valence-electron chi connectivity index (χ3n) is 3.43. The van der Waals surface area contributed by atoms with E-state index in [-0.39, 0.29) is 24.8 Å². The van der Waals surface area contributed by atoms with Gasteiger partial charge in [-0.3, -0.25) is 14.5 Å². The van der Waals surface area contributed by atoms with E-state index in [0.29, 0.717) is 19.6 Å². The molecule has 0 aliphatic carbocycles. The second-order valence-corrected chi connectivity index (χ2v) is 5.13. The van der Waals surface area contributed by atoms with Gasteiger partial charge in [0.25, 0.3) is 0 Å². The molecule has 0 fully saturated rings. The summed E-state index contributed by atoms with van der Waals surface area (Å²) in [6.45, 7) is 5.87. The molecule has 1 rings (SSSR count). The van der Waals surface area contributed by atoms with Crippen LogP contribution in [0.5, 0.6) is 0 Å². The number of benzene rings is 1. The highest BCUT2D eigenvalue weighted by Crippen LogP contribution is 2.12. The summed E-state index contributed by atoms with van der Waals surface area (Å²) in [6.07, 6.45) is 0.0571. The Morgan fingerprint density at radius 1 is 1.29 bits per heavy atom. The fraction of sp³-hybridized carbons (Fsp3) is 0.500. The molecule has 2 N–H and O–H groups in total. The van der Waals surface area contributed by atoms with Crippen LogP contribution < -0.4 is 5.32 Å². The van der Waals surface area contributed by atoms with E-state index in [2.05, 4.69) is 12.2 Å². The van der Waals surface area contributed by atoms with Gasteiger partial charge in [0.1, 0.15) is 0 Å². The van der Waals surface area contributed by atoms with Gasteiger partial charge in [-0.05, 0) is 18.0 Å². The number of aliphatic carboxylic acids is 1. The molecule has 0 aromatic heterocycles. The maximum absolute atomic E-state index is 11.9. The molecule has 21 heavy (non-hydrogen) atoms. The largest absolute Gasteiger partial charge is 0.481 e. The standard InChI is InChI=1S/C16H24N2O3/c1-3-18(10-9-16(20)21)12-15(19)17-11-13(2)14-7-5-4-6-8-14/h4-8,13H,3,9-12H2,1-2H3,(H,17,19)(H,20,21). The van der Waals surface area contributed by atoms with Crippen LogP contribution in [0, 0.1) is 0 Å². The van der Waals surface area contributed by atoms with Gasteiger partial charge < -0.3 is 10.4 Å². The molecule has 5 nitrogen and oxygen atoms in total. The summed E-state index contributed by atoms with van der Waals surface area (Å²) in [5, 5.41) is 11.6. The van der Waals surface area contributed by atoms with E-state index in [1.165, 1.54) is 5.56 Å². The van der Waals surface area contributed by atoms with Crippen molar-refractivity contribution in [2.45, 2.75) is 26.2 Å². The van der Waals surface area contributed by atoms with Gasteiger partial charge in [-0.15, -0.1) is 0 Å². The molecule has 0 radical (unpaired) electrons. The number of carbonyl (C=O) groups excluding carboxylic acids is 1. The first-order chi connectivity index (χ1) is 10.0. The summed E-state index contributed by atoms with van der Waals surface area (Å²) in [6, 6.07) is 10.0. The first-order valence-electron chi connectivity index (χ1n) is 7.28. The fourth-order valence-corrected chi connectivity index (χ4v) is 2.03. The van der Waals surface area contributed by atoms with Gasteiger partial charge >= 0.3 is 5.97 Å². The Balaban J connectivity index is 2.34. The van der Waals surface area contributed by atoms with Crippen LogP contribution in [0.3, 0.4) is 0 Å². The molecule has 0 bridgehead atoms. The average molecular weight is 292 g/mol. The number of carboxylic acids is 1. The Morgan fingerprint density at radius 2 is 1.95 bits per heavy atom. The minimum absolute atomic E-state index is 0.0571. The van der Waals surface area contributed by atoms with Crippen molar-refractivity contribution in [3.63, 3.8) is 0 Å². The highest BCUT2D eigenvalue weighted by atomic mass is 16.4. The molecular weight excluding hydrogens is 268 g/mol. The number of carboxylic acid groups (broad SMARTS) is 1. The van der Waals surface area contributed by atoms with E-state index >= 15 is 0 Å². The molecule has 0 aliphatic rings. The number of carbonyl (C=O) groups is 2. The Hall–Kier alpha value is -1.88. The summed E-state index contributed by atoms with van der Waals surface area (Å²) < 4.78 is 0. The first-order valence-corrected chi connectivity index (χ1v) is 7.28. The normalized spacial score (nSPS) is 12.1. The van der Waals surface area contributed by atoms with Crippen LogP contribution >= 0.6 is 0 Å². The van der Waals surface area contributed by atoms with Crippen LogP contribution in [0.2, 0.25) is 0 Å². The lowest BCUT2D eigenvalue weighted by Gasteiger charge is -2.20. The number of hydrogen-bond acceptors (Lipinski definition) is 3. The van der Waals surface area contributed by atoms with Gasteiger partial charge in [-0.2, -0.15) is 0 Å². The van der Waals surface area contributed by atoms with Crippen molar-refractivity contribution in [1.82, 2.24) is 10.2 Å². The van der Waals surface area contributed by atoms with Crippen molar-refractivity contribution in [3.8, 4) is 0 Å². The zero-order chi connectivity index (χ0) is 15.7. The van der Waals surface area contributed by atoms with Gasteiger partial charge in [0, 0.05) is 13.1 Å². The Labute approximate surface area is 126 Å². The van der Waals surface area contributed by atoms with Crippen molar-refractivity contribution in [2.24, 2.45) is 0 Å². The van der Waals surface area contributed by atoms with E-state index in [4.69, 9.17) is 5.11 Å². The summed E-state index contributed by atoms with van der Waals surface area (Å²) in [5.74, 6) is -0.652. The van der Waals surface area contributed by atoms with Crippen LogP contribution in [-0.2, 0) is 9.59 Å². The van der Waals surface area contributed by atoms with Gasteiger partial charge in [0.05, 0.1) is 13.0 Å². The molecule has 0 heterocycles. The Kier molecular flexibility index (Phi) is 7.46. The van der Waals surface area contributed by atoms with Crippen molar-refractivity contribution < 1.29 is 14.7 Å². The maximum Gasteiger partial charge on any atom is 0.304 e. The molecular formula is C16H24N2O3. The zero-order valence-corrected chi connectivity index (χ0v) is 12.7. The van der Waals surface area contributed by atoms with Crippen LogP contribution in [0.1, 0.15) is 31.7 Å². The maximum atomic E-state index is 11.9. The molecule has 5 heteroatoms. The Morgan fingerprint density at radius 3 is 2.52 bits per heavy atom. The van der Waals surface area contributed by atoms with E-state index < -0.39 is 5.97 Å². The lowest BCUT2D eigenvalue weighted by molar-refractivity contribution is -0.137. The number of rotatable bonds is 9. The van der Waals surface area contributed by atoms with Crippen LogP contribution in [0.4, 0.5) is 0 Å².